The van der Waals surface area contributed by atoms with E-state index in [2.05, 4.69) is 25.4 Å². The van der Waals surface area contributed by atoms with Gasteiger partial charge in [-0.2, -0.15) is 18.3 Å². The molecule has 196 valence electrons. The fraction of sp³-hybridized carbons (Fsp3) is 0.458. The molecule has 0 unspecified atom stereocenters. The molecule has 5 rings (SSSR count). The third kappa shape index (κ3) is 4.69. The molecule has 1 fully saturated rings. The number of methoxy groups -OCH3 is 1. The van der Waals surface area contributed by atoms with Crippen LogP contribution >= 0.6 is 0 Å². The molecule has 0 bridgehead atoms. The third-order valence-electron chi connectivity index (χ3n) is 6.97. The smallest absolute Gasteiger partial charge is 0.451 e. The molecule has 1 spiro atoms. The molecule has 9 nitrogen and oxygen atoms in total. The number of anilines is 1. The summed E-state index contributed by atoms with van der Waals surface area (Å²) in [4.78, 5) is 26.8. The van der Waals surface area contributed by atoms with Crippen molar-refractivity contribution < 1.29 is 27.1 Å². The van der Waals surface area contributed by atoms with Gasteiger partial charge in [0.2, 0.25) is 17.6 Å². The average Bonchev–Trinajstić information content (AvgIpc) is 3.44. The van der Waals surface area contributed by atoms with Gasteiger partial charge in [-0.25, -0.2) is 24.0 Å². The van der Waals surface area contributed by atoms with Gasteiger partial charge in [-0.1, -0.05) is 0 Å². The first-order chi connectivity index (χ1) is 17.5. The summed E-state index contributed by atoms with van der Waals surface area (Å²) in [6.45, 7) is 2.65. The number of carbonyl (C=O) groups excluding carboxylic acids is 1. The zero-order valence-electron chi connectivity index (χ0n) is 20.5. The van der Waals surface area contributed by atoms with Crippen molar-refractivity contribution in [2.24, 2.45) is 7.05 Å². The van der Waals surface area contributed by atoms with Gasteiger partial charge in [-0.05, 0) is 37.8 Å². The van der Waals surface area contributed by atoms with Crippen molar-refractivity contribution >= 4 is 11.7 Å². The van der Waals surface area contributed by atoms with Crippen molar-refractivity contribution in [3.05, 3.63) is 46.8 Å². The lowest BCUT2D eigenvalue weighted by Crippen LogP contribution is -2.45. The predicted molar refractivity (Wildman–Crippen MR) is 124 cm³/mol. The first-order valence-corrected chi connectivity index (χ1v) is 11.7. The molecule has 1 amide bonds. The van der Waals surface area contributed by atoms with E-state index in [0.29, 0.717) is 49.4 Å². The van der Waals surface area contributed by atoms with Gasteiger partial charge in [0.05, 0.1) is 31.0 Å². The van der Waals surface area contributed by atoms with Gasteiger partial charge in [-0.3, -0.25) is 4.79 Å². The van der Waals surface area contributed by atoms with E-state index in [1.54, 1.807) is 17.9 Å². The standard InChI is InChI=1S/C24H25F4N7O2/c1-13-16(21-31-22(24(26,27)28)34(2)33-21)8-14-4-5-23(32-20(14)30-13)6-7-35(12-23)19(36)10-15-9-18(37-3)29-11-17(15)25/h8-9,11H,4-7,10,12H2,1-3H3,(H,30,32)/t23-/m1/s1. The van der Waals surface area contributed by atoms with Crippen molar-refractivity contribution in [1.29, 1.82) is 0 Å². The second kappa shape index (κ2) is 8.96. The maximum absolute atomic E-state index is 14.2. The molecule has 2 aliphatic heterocycles. The number of halogens is 4. The number of hydrogen-bond donors (Lipinski definition) is 1. The highest BCUT2D eigenvalue weighted by Gasteiger charge is 2.43. The second-order valence-electron chi connectivity index (χ2n) is 9.47. The Labute approximate surface area is 209 Å². The Hall–Kier alpha value is -3.77. The van der Waals surface area contributed by atoms with Crippen LogP contribution in [0.4, 0.5) is 23.4 Å². The van der Waals surface area contributed by atoms with Gasteiger partial charge in [0, 0.05) is 37.3 Å². The van der Waals surface area contributed by atoms with E-state index in [4.69, 9.17) is 4.74 Å². The Bertz CT molecular complexity index is 1370. The van der Waals surface area contributed by atoms with Gasteiger partial charge in [-0.15, -0.1) is 0 Å². The topological polar surface area (TPSA) is 98.1 Å². The summed E-state index contributed by atoms with van der Waals surface area (Å²) in [6, 6.07) is 3.21. The molecule has 0 radical (unpaired) electrons. The molecule has 0 aromatic carbocycles. The third-order valence-corrected chi connectivity index (χ3v) is 6.97. The Balaban J connectivity index is 1.32. The van der Waals surface area contributed by atoms with Crippen LogP contribution in [0, 0.1) is 12.7 Å². The minimum atomic E-state index is -4.61. The van der Waals surface area contributed by atoms with E-state index in [-0.39, 0.29) is 35.1 Å². The Morgan fingerprint density at radius 3 is 2.73 bits per heavy atom. The molecular weight excluding hydrogens is 494 g/mol. The van der Waals surface area contributed by atoms with E-state index in [0.717, 1.165) is 16.4 Å². The molecule has 0 aliphatic carbocycles. The van der Waals surface area contributed by atoms with Crippen molar-refractivity contribution in [2.75, 3.05) is 25.5 Å². The number of aryl methyl sites for hydroxylation is 3. The quantitative estimate of drug-likeness (QED) is 0.528. The summed E-state index contributed by atoms with van der Waals surface area (Å²) in [5, 5.41) is 7.43. The molecule has 37 heavy (non-hydrogen) atoms. The molecule has 3 aromatic heterocycles. The molecule has 1 N–H and O–H groups in total. The number of hydrogen-bond acceptors (Lipinski definition) is 7. The summed E-state index contributed by atoms with van der Waals surface area (Å²) in [7, 11) is 2.63. The van der Waals surface area contributed by atoms with E-state index in [1.807, 2.05) is 0 Å². The zero-order chi connectivity index (χ0) is 26.5. The van der Waals surface area contributed by atoms with Crippen LogP contribution in [0.25, 0.3) is 11.4 Å². The molecule has 1 atom stereocenters. The summed E-state index contributed by atoms with van der Waals surface area (Å²) in [5.74, 6) is -0.980. The number of fused-ring (bicyclic) bond motifs is 1. The van der Waals surface area contributed by atoms with Gasteiger partial charge >= 0.3 is 6.18 Å². The van der Waals surface area contributed by atoms with Crippen LogP contribution in [0.1, 0.15) is 35.5 Å². The normalized spacial score (nSPS) is 19.2. The fourth-order valence-corrected chi connectivity index (χ4v) is 4.98. The molecule has 3 aromatic rings. The molecule has 0 saturated carbocycles. The number of aromatic nitrogens is 5. The van der Waals surface area contributed by atoms with Gasteiger partial charge in [0.15, 0.2) is 5.82 Å². The number of pyridine rings is 2. The van der Waals surface area contributed by atoms with E-state index in [1.165, 1.54) is 20.2 Å². The van der Waals surface area contributed by atoms with Crippen LogP contribution in [0.3, 0.4) is 0 Å². The van der Waals surface area contributed by atoms with Crippen molar-refractivity contribution in [1.82, 2.24) is 29.6 Å². The SMILES string of the molecule is COc1cc(CC(=O)N2CC[C@]3(CCc4cc(-c5nc(C(F)(F)F)n(C)n5)c(C)nc4N3)C2)c(F)cn1. The lowest BCUT2D eigenvalue weighted by molar-refractivity contribution is -0.147. The first kappa shape index (κ1) is 24.9. The molecular formula is C24H25F4N7O2. The summed E-state index contributed by atoms with van der Waals surface area (Å²) >= 11 is 0. The summed E-state index contributed by atoms with van der Waals surface area (Å²) in [5.41, 5.74) is 1.63. The number of carbonyl (C=O) groups is 1. The van der Waals surface area contributed by atoms with Crippen molar-refractivity contribution in [2.45, 2.75) is 44.3 Å². The van der Waals surface area contributed by atoms with Crippen molar-refractivity contribution in [3.63, 3.8) is 0 Å². The molecule has 2 aliphatic rings. The number of nitrogens with zero attached hydrogens (tertiary/aromatic N) is 6. The van der Waals surface area contributed by atoms with Gasteiger partial charge < -0.3 is 15.0 Å². The second-order valence-corrected chi connectivity index (χ2v) is 9.47. The van der Waals surface area contributed by atoms with Crippen LogP contribution in [0.15, 0.2) is 18.3 Å². The van der Waals surface area contributed by atoms with Crippen LogP contribution in [0.5, 0.6) is 5.88 Å². The fourth-order valence-electron chi connectivity index (χ4n) is 4.98. The monoisotopic (exact) mass is 519 g/mol. The number of nitrogens with one attached hydrogen (secondary N) is 1. The van der Waals surface area contributed by atoms with Crippen LogP contribution in [0.2, 0.25) is 0 Å². The molecule has 1 saturated heterocycles. The lowest BCUT2D eigenvalue weighted by atomic mass is 9.86. The van der Waals surface area contributed by atoms with Gasteiger partial charge in [0.25, 0.3) is 0 Å². The number of alkyl halides is 3. The number of amides is 1. The summed E-state index contributed by atoms with van der Waals surface area (Å²) in [6.07, 6.45) is -1.65. The highest BCUT2D eigenvalue weighted by Crippen LogP contribution is 2.38. The van der Waals surface area contributed by atoms with Crippen molar-refractivity contribution in [3.8, 4) is 17.3 Å². The maximum Gasteiger partial charge on any atom is 0.451 e. The predicted octanol–water partition coefficient (Wildman–Crippen LogP) is 3.32. The highest BCUT2D eigenvalue weighted by atomic mass is 19.4. The molecule has 13 heteroatoms. The lowest BCUT2D eigenvalue weighted by Gasteiger charge is -2.36. The van der Waals surface area contributed by atoms with E-state index in [9.17, 15) is 22.4 Å². The summed E-state index contributed by atoms with van der Waals surface area (Å²) < 4.78 is 59.5. The van der Waals surface area contributed by atoms with E-state index < -0.39 is 17.8 Å². The van der Waals surface area contributed by atoms with Crippen LogP contribution < -0.4 is 10.1 Å². The minimum Gasteiger partial charge on any atom is -0.481 e. The highest BCUT2D eigenvalue weighted by molar-refractivity contribution is 5.79. The van der Waals surface area contributed by atoms with E-state index >= 15 is 0 Å². The maximum atomic E-state index is 14.2. The minimum absolute atomic E-state index is 0.0273. The number of likely N-dealkylation sites (tertiary alicyclic amines) is 1. The largest absolute Gasteiger partial charge is 0.481 e. The van der Waals surface area contributed by atoms with Crippen LogP contribution in [-0.2, 0) is 30.9 Å². The van der Waals surface area contributed by atoms with Gasteiger partial charge in [0.1, 0.15) is 11.6 Å². The molecule has 5 heterocycles. The Morgan fingerprint density at radius 1 is 1.24 bits per heavy atom. The average molecular weight is 520 g/mol. The Kier molecular flexibility index (Phi) is 6.03. The Morgan fingerprint density at radius 2 is 2.03 bits per heavy atom. The number of rotatable bonds is 4. The van der Waals surface area contributed by atoms with Crippen LogP contribution in [-0.4, -0.2) is 61.3 Å². The number of ether oxygens (including phenoxy) is 1. The first-order valence-electron chi connectivity index (χ1n) is 11.7. The zero-order valence-corrected chi connectivity index (χ0v) is 20.5.